The molecule has 88 valence electrons. The normalized spacial score (nSPS) is 10.2. The molecule has 1 heterocycles. The molecule has 0 aliphatic carbocycles. The lowest BCUT2D eigenvalue weighted by molar-refractivity contribution is -0.383. The Morgan fingerprint density at radius 1 is 1.53 bits per heavy atom. The van der Waals surface area contributed by atoms with Crippen LogP contribution in [-0.4, -0.2) is 22.1 Å². The maximum Gasteiger partial charge on any atom is 0.439 e. The Labute approximate surface area is 94.4 Å². The molecule has 2 rings (SSSR count). The summed E-state index contributed by atoms with van der Waals surface area (Å²) in [5.74, 6) is -0.453. The van der Waals surface area contributed by atoms with Crippen molar-refractivity contribution in [2.24, 2.45) is 0 Å². The van der Waals surface area contributed by atoms with E-state index in [2.05, 4.69) is 20.0 Å². The van der Waals surface area contributed by atoms with Crippen LogP contribution in [0, 0.1) is 10.1 Å². The highest BCUT2D eigenvalue weighted by Crippen LogP contribution is 2.28. The summed E-state index contributed by atoms with van der Waals surface area (Å²) in [5.41, 5.74) is 0.796. The Bertz CT molecular complexity index is 615. The molecule has 1 aromatic carbocycles. The number of nitrogens with one attached hydrogen (secondary N) is 2. The molecule has 8 nitrogen and oxygen atoms in total. The lowest BCUT2D eigenvalue weighted by Gasteiger charge is -2.03. The SMILES string of the molecule is CNc1cc(-c2noc(=O)[nH]2)ccc1[N+](=O)[O-]. The highest BCUT2D eigenvalue weighted by atomic mass is 16.6. The van der Waals surface area contributed by atoms with Crippen LogP contribution < -0.4 is 11.1 Å². The summed E-state index contributed by atoms with van der Waals surface area (Å²) in [6.45, 7) is 0. The van der Waals surface area contributed by atoms with Crippen molar-refractivity contribution in [3.05, 3.63) is 38.9 Å². The van der Waals surface area contributed by atoms with Crippen molar-refractivity contribution in [1.82, 2.24) is 10.1 Å². The number of nitrogens with zero attached hydrogens (tertiary/aromatic N) is 2. The summed E-state index contributed by atoms with van der Waals surface area (Å²) in [6.07, 6.45) is 0. The van der Waals surface area contributed by atoms with E-state index >= 15 is 0 Å². The van der Waals surface area contributed by atoms with Gasteiger partial charge in [-0.25, -0.2) is 4.79 Å². The molecule has 0 bridgehead atoms. The first-order valence-corrected chi connectivity index (χ1v) is 4.64. The number of aromatic nitrogens is 2. The standard InChI is InChI=1S/C9H8N4O4/c1-10-6-4-5(2-3-7(6)13(15)16)8-11-9(14)17-12-8/h2-4,10H,1H3,(H,11,12,14). The monoisotopic (exact) mass is 236 g/mol. The van der Waals surface area contributed by atoms with Crippen molar-refractivity contribution in [2.75, 3.05) is 12.4 Å². The Kier molecular flexibility index (Phi) is 2.61. The van der Waals surface area contributed by atoms with Crippen molar-refractivity contribution >= 4 is 11.4 Å². The molecule has 0 amide bonds. The van der Waals surface area contributed by atoms with Gasteiger partial charge < -0.3 is 5.32 Å². The third-order valence-electron chi connectivity index (χ3n) is 2.18. The maximum atomic E-state index is 10.8. The van der Waals surface area contributed by atoms with E-state index in [9.17, 15) is 14.9 Å². The van der Waals surface area contributed by atoms with Gasteiger partial charge in [-0.15, -0.1) is 0 Å². The quantitative estimate of drug-likeness (QED) is 0.606. The van der Waals surface area contributed by atoms with E-state index < -0.39 is 10.7 Å². The fourth-order valence-electron chi connectivity index (χ4n) is 1.40. The molecule has 0 aliphatic rings. The largest absolute Gasteiger partial charge is 0.439 e. The van der Waals surface area contributed by atoms with Crippen LogP contribution in [0.1, 0.15) is 0 Å². The van der Waals surface area contributed by atoms with Gasteiger partial charge in [0.15, 0.2) is 5.82 Å². The summed E-state index contributed by atoms with van der Waals surface area (Å²) in [7, 11) is 1.57. The summed E-state index contributed by atoms with van der Waals surface area (Å²) in [5, 5.41) is 16.9. The first-order valence-electron chi connectivity index (χ1n) is 4.64. The molecule has 2 N–H and O–H groups in total. The van der Waals surface area contributed by atoms with Crippen LogP contribution in [-0.2, 0) is 0 Å². The van der Waals surface area contributed by atoms with Crippen LogP contribution in [0.25, 0.3) is 11.4 Å². The number of anilines is 1. The fourth-order valence-corrected chi connectivity index (χ4v) is 1.40. The Morgan fingerprint density at radius 3 is 2.82 bits per heavy atom. The highest BCUT2D eigenvalue weighted by molar-refractivity contribution is 5.70. The van der Waals surface area contributed by atoms with E-state index in [1.807, 2.05) is 0 Å². The third-order valence-corrected chi connectivity index (χ3v) is 2.18. The number of rotatable bonds is 3. The number of benzene rings is 1. The van der Waals surface area contributed by atoms with Crippen molar-refractivity contribution < 1.29 is 9.45 Å². The zero-order valence-corrected chi connectivity index (χ0v) is 8.76. The average molecular weight is 236 g/mol. The van der Waals surface area contributed by atoms with Crippen LogP contribution >= 0.6 is 0 Å². The first kappa shape index (κ1) is 10.9. The number of aromatic amines is 1. The predicted molar refractivity (Wildman–Crippen MR) is 58.8 cm³/mol. The van der Waals surface area contributed by atoms with Crippen LogP contribution in [0.15, 0.2) is 27.5 Å². The molecule has 0 saturated heterocycles. The minimum absolute atomic E-state index is 0.0536. The van der Waals surface area contributed by atoms with E-state index in [4.69, 9.17) is 0 Å². The highest BCUT2D eigenvalue weighted by Gasteiger charge is 2.14. The number of hydrogen-bond donors (Lipinski definition) is 2. The van der Waals surface area contributed by atoms with E-state index in [1.54, 1.807) is 7.05 Å². The summed E-state index contributed by atoms with van der Waals surface area (Å²) >= 11 is 0. The van der Waals surface area contributed by atoms with E-state index in [0.717, 1.165) is 0 Å². The minimum Gasteiger partial charge on any atom is -0.383 e. The molecule has 0 aliphatic heterocycles. The third kappa shape index (κ3) is 2.00. The number of nitro benzene ring substituents is 1. The van der Waals surface area contributed by atoms with Crippen LogP contribution in [0.2, 0.25) is 0 Å². The van der Waals surface area contributed by atoms with E-state index in [0.29, 0.717) is 11.3 Å². The molecular weight excluding hydrogens is 228 g/mol. The van der Waals surface area contributed by atoms with Gasteiger partial charge in [-0.1, -0.05) is 5.16 Å². The number of H-pyrrole nitrogens is 1. The second-order valence-corrected chi connectivity index (χ2v) is 3.18. The van der Waals surface area contributed by atoms with E-state index in [-0.39, 0.29) is 11.5 Å². The second-order valence-electron chi connectivity index (χ2n) is 3.18. The van der Waals surface area contributed by atoms with Crippen molar-refractivity contribution in [3.8, 4) is 11.4 Å². The maximum absolute atomic E-state index is 10.8. The Hall–Kier alpha value is -2.64. The molecule has 0 saturated carbocycles. The van der Waals surface area contributed by atoms with Gasteiger partial charge in [0.1, 0.15) is 5.69 Å². The van der Waals surface area contributed by atoms with Crippen LogP contribution in [0.4, 0.5) is 11.4 Å². The lowest BCUT2D eigenvalue weighted by Crippen LogP contribution is -1.98. The van der Waals surface area contributed by atoms with Crippen LogP contribution in [0.5, 0.6) is 0 Å². The Morgan fingerprint density at radius 2 is 2.29 bits per heavy atom. The lowest BCUT2D eigenvalue weighted by atomic mass is 10.1. The summed E-state index contributed by atoms with van der Waals surface area (Å²) < 4.78 is 4.35. The average Bonchev–Trinajstić information content (AvgIpc) is 2.75. The predicted octanol–water partition coefficient (Wildman–Crippen LogP) is 0.980. The molecule has 1 aromatic heterocycles. The molecule has 0 spiro atoms. The van der Waals surface area contributed by atoms with E-state index in [1.165, 1.54) is 18.2 Å². The molecule has 17 heavy (non-hydrogen) atoms. The molecule has 0 atom stereocenters. The second kappa shape index (κ2) is 4.08. The summed E-state index contributed by atoms with van der Waals surface area (Å²) in [6, 6.07) is 4.31. The molecule has 0 unspecified atom stereocenters. The molecule has 8 heteroatoms. The number of hydrogen-bond acceptors (Lipinski definition) is 6. The first-order chi connectivity index (χ1) is 8.11. The zero-order chi connectivity index (χ0) is 12.4. The molecule has 0 fully saturated rings. The van der Waals surface area contributed by atoms with Gasteiger partial charge in [0.25, 0.3) is 5.69 Å². The smallest absolute Gasteiger partial charge is 0.383 e. The Balaban J connectivity index is 2.51. The van der Waals surface area contributed by atoms with Gasteiger partial charge in [-0.05, 0) is 12.1 Å². The van der Waals surface area contributed by atoms with Crippen molar-refractivity contribution in [2.45, 2.75) is 0 Å². The van der Waals surface area contributed by atoms with Gasteiger partial charge in [-0.2, -0.15) is 0 Å². The summed E-state index contributed by atoms with van der Waals surface area (Å²) in [4.78, 5) is 23.4. The van der Waals surface area contributed by atoms with Gasteiger partial charge in [-0.3, -0.25) is 19.6 Å². The zero-order valence-electron chi connectivity index (χ0n) is 8.76. The van der Waals surface area contributed by atoms with Gasteiger partial charge in [0.2, 0.25) is 0 Å². The molecule has 0 radical (unpaired) electrons. The van der Waals surface area contributed by atoms with Gasteiger partial charge in [0, 0.05) is 18.7 Å². The van der Waals surface area contributed by atoms with Gasteiger partial charge in [0.05, 0.1) is 4.92 Å². The number of nitro groups is 1. The molecule has 2 aromatic rings. The van der Waals surface area contributed by atoms with Crippen molar-refractivity contribution in [3.63, 3.8) is 0 Å². The molecular formula is C9H8N4O4. The minimum atomic E-state index is -0.677. The fraction of sp³-hybridized carbons (Fsp3) is 0.111. The topological polar surface area (TPSA) is 114 Å². The van der Waals surface area contributed by atoms with Crippen molar-refractivity contribution in [1.29, 1.82) is 0 Å². The van der Waals surface area contributed by atoms with Crippen LogP contribution in [0.3, 0.4) is 0 Å². The van der Waals surface area contributed by atoms with Gasteiger partial charge >= 0.3 is 5.76 Å².